The van der Waals surface area contributed by atoms with Crippen molar-refractivity contribution in [2.75, 3.05) is 6.54 Å². The highest BCUT2D eigenvalue weighted by Gasteiger charge is 2.30. The number of piperidine rings is 1. The van der Waals surface area contributed by atoms with Gasteiger partial charge in [-0.15, -0.1) is 0 Å². The summed E-state index contributed by atoms with van der Waals surface area (Å²) in [6.45, 7) is 4.57. The minimum absolute atomic E-state index is 0.159. The van der Waals surface area contributed by atoms with Gasteiger partial charge in [-0.05, 0) is 33.2 Å². The Morgan fingerprint density at radius 3 is 2.55 bits per heavy atom. The summed E-state index contributed by atoms with van der Waals surface area (Å²) in [6, 6.07) is 0.416. The summed E-state index contributed by atoms with van der Waals surface area (Å²) in [4.78, 5) is 0. The van der Waals surface area contributed by atoms with Gasteiger partial charge in [-0.1, -0.05) is 0 Å². The second-order valence-electron chi connectivity index (χ2n) is 3.94. The molecule has 0 radical (unpaired) electrons. The first-order valence-corrected chi connectivity index (χ1v) is 4.21. The lowest BCUT2D eigenvalue weighted by molar-refractivity contribution is 0.0248. The molecule has 0 amide bonds. The molecule has 1 fully saturated rings. The largest absolute Gasteiger partial charge is 0.389 e. The maximum absolute atomic E-state index is 9.64. The minimum Gasteiger partial charge on any atom is -0.389 e. The topological polar surface area (TPSA) is 58.3 Å². The summed E-state index contributed by atoms with van der Waals surface area (Å²) in [6.07, 6.45) is 1.90. The molecule has 1 heterocycles. The van der Waals surface area contributed by atoms with Gasteiger partial charge in [-0.25, -0.2) is 0 Å². The first-order chi connectivity index (χ1) is 5.00. The fourth-order valence-corrected chi connectivity index (χ4v) is 1.49. The van der Waals surface area contributed by atoms with E-state index in [9.17, 15) is 5.11 Å². The molecule has 0 aromatic carbocycles. The fourth-order valence-electron chi connectivity index (χ4n) is 1.49. The van der Waals surface area contributed by atoms with Crippen molar-refractivity contribution in [3.8, 4) is 0 Å². The molecule has 4 N–H and O–H groups in total. The maximum atomic E-state index is 9.64. The normalized spacial score (nSPS) is 33.8. The van der Waals surface area contributed by atoms with E-state index in [0.717, 1.165) is 19.4 Å². The first-order valence-electron chi connectivity index (χ1n) is 4.21. The Bertz CT molecular complexity index is 131. The molecule has 11 heavy (non-hydrogen) atoms. The molecule has 1 aliphatic rings. The molecular formula is C8H18N2O. The SMILES string of the molecule is CC(C)(O)C1CC(N)CCN1. The van der Waals surface area contributed by atoms with E-state index in [4.69, 9.17) is 5.73 Å². The second kappa shape index (κ2) is 3.09. The van der Waals surface area contributed by atoms with Crippen LogP contribution in [0.3, 0.4) is 0 Å². The van der Waals surface area contributed by atoms with Gasteiger partial charge < -0.3 is 16.2 Å². The first kappa shape index (κ1) is 8.97. The van der Waals surface area contributed by atoms with E-state index in [1.54, 1.807) is 0 Å². The molecule has 0 spiro atoms. The van der Waals surface area contributed by atoms with Crippen molar-refractivity contribution in [3.63, 3.8) is 0 Å². The highest BCUT2D eigenvalue weighted by molar-refractivity contribution is 4.90. The van der Waals surface area contributed by atoms with Gasteiger partial charge in [0.25, 0.3) is 0 Å². The number of aliphatic hydroxyl groups is 1. The van der Waals surface area contributed by atoms with E-state index >= 15 is 0 Å². The molecule has 66 valence electrons. The van der Waals surface area contributed by atoms with E-state index in [1.165, 1.54) is 0 Å². The summed E-state index contributed by atoms with van der Waals surface area (Å²) in [5, 5.41) is 12.9. The molecular weight excluding hydrogens is 140 g/mol. The molecule has 1 rings (SSSR count). The van der Waals surface area contributed by atoms with E-state index in [1.807, 2.05) is 13.8 Å². The lowest BCUT2D eigenvalue weighted by atomic mass is 9.89. The van der Waals surface area contributed by atoms with Crippen molar-refractivity contribution < 1.29 is 5.11 Å². The molecule has 3 nitrogen and oxygen atoms in total. The summed E-state index contributed by atoms with van der Waals surface area (Å²) in [5.41, 5.74) is 5.13. The molecule has 0 bridgehead atoms. The van der Waals surface area contributed by atoms with E-state index < -0.39 is 5.60 Å². The van der Waals surface area contributed by atoms with Crippen LogP contribution in [0.4, 0.5) is 0 Å². The zero-order valence-electron chi connectivity index (χ0n) is 7.30. The summed E-state index contributed by atoms with van der Waals surface area (Å²) >= 11 is 0. The third-order valence-corrected chi connectivity index (χ3v) is 2.30. The van der Waals surface area contributed by atoms with Crippen LogP contribution in [0.5, 0.6) is 0 Å². The highest BCUT2D eigenvalue weighted by atomic mass is 16.3. The fraction of sp³-hybridized carbons (Fsp3) is 1.00. The van der Waals surface area contributed by atoms with Crippen LogP contribution in [-0.4, -0.2) is 29.3 Å². The van der Waals surface area contributed by atoms with Gasteiger partial charge in [0, 0.05) is 12.1 Å². The number of rotatable bonds is 1. The average molecular weight is 158 g/mol. The van der Waals surface area contributed by atoms with Gasteiger partial charge in [0.2, 0.25) is 0 Å². The lowest BCUT2D eigenvalue weighted by Gasteiger charge is -2.36. The monoisotopic (exact) mass is 158 g/mol. The van der Waals surface area contributed by atoms with Crippen molar-refractivity contribution >= 4 is 0 Å². The van der Waals surface area contributed by atoms with Crippen molar-refractivity contribution in [2.24, 2.45) is 5.73 Å². The molecule has 3 heteroatoms. The summed E-state index contributed by atoms with van der Waals surface area (Å²) in [7, 11) is 0. The van der Waals surface area contributed by atoms with E-state index in [0.29, 0.717) is 0 Å². The van der Waals surface area contributed by atoms with Gasteiger partial charge in [0.1, 0.15) is 0 Å². The molecule has 1 aliphatic heterocycles. The van der Waals surface area contributed by atoms with Crippen LogP contribution >= 0.6 is 0 Å². The summed E-state index contributed by atoms with van der Waals surface area (Å²) in [5.74, 6) is 0. The Kier molecular flexibility index (Phi) is 2.52. The molecule has 1 saturated heterocycles. The predicted octanol–water partition coefficient (Wildman–Crippen LogP) is -0.163. The Balaban J connectivity index is 2.46. The lowest BCUT2D eigenvalue weighted by Crippen LogP contribution is -2.54. The number of hydrogen-bond acceptors (Lipinski definition) is 3. The van der Waals surface area contributed by atoms with Crippen LogP contribution < -0.4 is 11.1 Å². The number of hydrogen-bond donors (Lipinski definition) is 3. The van der Waals surface area contributed by atoms with Gasteiger partial charge in [-0.3, -0.25) is 0 Å². The van der Waals surface area contributed by atoms with Crippen molar-refractivity contribution in [3.05, 3.63) is 0 Å². The Morgan fingerprint density at radius 1 is 1.55 bits per heavy atom. The average Bonchev–Trinajstić information content (AvgIpc) is 1.86. The quantitative estimate of drug-likeness (QED) is 0.497. The van der Waals surface area contributed by atoms with Crippen LogP contribution in [-0.2, 0) is 0 Å². The van der Waals surface area contributed by atoms with Crippen molar-refractivity contribution in [1.82, 2.24) is 5.32 Å². The third kappa shape index (κ3) is 2.43. The van der Waals surface area contributed by atoms with E-state index in [2.05, 4.69) is 5.32 Å². The Labute approximate surface area is 68.0 Å². The zero-order valence-corrected chi connectivity index (χ0v) is 7.30. The summed E-state index contributed by atoms with van der Waals surface area (Å²) < 4.78 is 0. The molecule has 2 unspecified atom stereocenters. The molecule has 0 aromatic heterocycles. The second-order valence-corrected chi connectivity index (χ2v) is 3.94. The Hall–Kier alpha value is -0.120. The molecule has 2 atom stereocenters. The Morgan fingerprint density at radius 2 is 2.18 bits per heavy atom. The van der Waals surface area contributed by atoms with Crippen LogP contribution in [0.2, 0.25) is 0 Å². The van der Waals surface area contributed by atoms with Crippen molar-refractivity contribution in [2.45, 2.75) is 44.4 Å². The van der Waals surface area contributed by atoms with Crippen molar-refractivity contribution in [1.29, 1.82) is 0 Å². The van der Waals surface area contributed by atoms with Crippen LogP contribution in [0.1, 0.15) is 26.7 Å². The van der Waals surface area contributed by atoms with Crippen LogP contribution in [0.25, 0.3) is 0 Å². The molecule has 0 aliphatic carbocycles. The zero-order chi connectivity index (χ0) is 8.48. The van der Waals surface area contributed by atoms with Gasteiger partial charge >= 0.3 is 0 Å². The highest BCUT2D eigenvalue weighted by Crippen LogP contribution is 2.17. The number of nitrogens with two attached hydrogens (primary N) is 1. The van der Waals surface area contributed by atoms with Crippen LogP contribution in [0, 0.1) is 0 Å². The van der Waals surface area contributed by atoms with Gasteiger partial charge in [0.05, 0.1) is 5.60 Å². The smallest absolute Gasteiger partial charge is 0.0744 e. The van der Waals surface area contributed by atoms with E-state index in [-0.39, 0.29) is 12.1 Å². The maximum Gasteiger partial charge on any atom is 0.0744 e. The standard InChI is InChI=1S/C8H18N2O/c1-8(2,11)7-5-6(9)3-4-10-7/h6-7,10-11H,3-5,9H2,1-2H3. The predicted molar refractivity (Wildman–Crippen MR) is 45.3 cm³/mol. The molecule has 0 aromatic rings. The third-order valence-electron chi connectivity index (χ3n) is 2.30. The van der Waals surface area contributed by atoms with Gasteiger partial charge in [0.15, 0.2) is 0 Å². The number of nitrogens with one attached hydrogen (secondary N) is 1. The molecule has 0 saturated carbocycles. The van der Waals surface area contributed by atoms with Crippen LogP contribution in [0.15, 0.2) is 0 Å². The van der Waals surface area contributed by atoms with Gasteiger partial charge in [-0.2, -0.15) is 0 Å². The minimum atomic E-state index is -0.641.